The highest BCUT2D eigenvalue weighted by molar-refractivity contribution is 9.10. The van der Waals surface area contributed by atoms with Crippen molar-refractivity contribution in [2.75, 3.05) is 6.61 Å². The van der Waals surface area contributed by atoms with E-state index in [4.69, 9.17) is 4.74 Å². The van der Waals surface area contributed by atoms with E-state index in [1.807, 2.05) is 18.2 Å². The lowest BCUT2D eigenvalue weighted by molar-refractivity contribution is 0.124. The molecule has 0 amide bonds. The third-order valence-electron chi connectivity index (χ3n) is 2.05. The first-order chi connectivity index (χ1) is 6.20. The molecule has 2 nitrogen and oxygen atoms in total. The van der Waals surface area contributed by atoms with E-state index in [0.29, 0.717) is 6.61 Å². The Morgan fingerprint density at radius 3 is 3.00 bits per heavy atom. The van der Waals surface area contributed by atoms with Gasteiger partial charge in [0, 0.05) is 5.56 Å². The van der Waals surface area contributed by atoms with Gasteiger partial charge in [0.1, 0.15) is 12.4 Å². The third kappa shape index (κ3) is 1.63. The lowest BCUT2D eigenvalue weighted by atomic mass is 10.0. The maximum atomic E-state index is 9.81. The van der Waals surface area contributed by atoms with Crippen molar-refractivity contribution in [1.29, 1.82) is 0 Å². The summed E-state index contributed by atoms with van der Waals surface area (Å²) in [6.45, 7) is 0.497. The van der Waals surface area contributed by atoms with E-state index in [-0.39, 0.29) is 4.83 Å². The second kappa shape index (κ2) is 3.59. The van der Waals surface area contributed by atoms with Gasteiger partial charge < -0.3 is 9.84 Å². The largest absolute Gasteiger partial charge is 0.491 e. The van der Waals surface area contributed by atoms with Crippen molar-refractivity contribution >= 4 is 31.9 Å². The predicted octanol–water partition coefficient (Wildman–Crippen LogP) is 2.64. The smallest absolute Gasteiger partial charge is 0.139 e. The molecule has 2 atom stereocenters. The minimum Gasteiger partial charge on any atom is -0.491 e. The van der Waals surface area contributed by atoms with Crippen LogP contribution in [-0.4, -0.2) is 16.5 Å². The van der Waals surface area contributed by atoms with Gasteiger partial charge in [0.15, 0.2) is 0 Å². The Hall–Kier alpha value is -0.0600. The molecule has 2 unspecified atom stereocenters. The molecule has 1 aromatic rings. The first-order valence-electron chi connectivity index (χ1n) is 3.93. The summed E-state index contributed by atoms with van der Waals surface area (Å²) in [4.78, 5) is -0.0192. The van der Waals surface area contributed by atoms with Crippen LogP contribution in [0.2, 0.25) is 0 Å². The van der Waals surface area contributed by atoms with Crippen molar-refractivity contribution in [3.05, 3.63) is 28.2 Å². The number of hydrogen-bond donors (Lipinski definition) is 1. The summed E-state index contributed by atoms with van der Waals surface area (Å²) in [5.74, 6) is 0.755. The van der Waals surface area contributed by atoms with Gasteiger partial charge >= 0.3 is 0 Å². The van der Waals surface area contributed by atoms with Gasteiger partial charge in [-0.15, -0.1) is 0 Å². The lowest BCUT2D eigenvalue weighted by Crippen LogP contribution is -2.25. The van der Waals surface area contributed by atoms with Crippen molar-refractivity contribution in [2.45, 2.75) is 10.9 Å². The van der Waals surface area contributed by atoms with Gasteiger partial charge in [-0.2, -0.15) is 0 Å². The molecule has 0 saturated heterocycles. The molecule has 1 N–H and O–H groups in total. The third-order valence-corrected chi connectivity index (χ3v) is 3.44. The molecule has 0 spiro atoms. The summed E-state index contributed by atoms with van der Waals surface area (Å²) < 4.78 is 6.38. The number of benzene rings is 1. The van der Waals surface area contributed by atoms with Gasteiger partial charge in [0.05, 0.1) is 15.4 Å². The molecule has 1 aliphatic rings. The Bertz CT molecular complexity index is 327. The molecule has 0 saturated carbocycles. The van der Waals surface area contributed by atoms with E-state index in [2.05, 4.69) is 31.9 Å². The summed E-state index contributed by atoms with van der Waals surface area (Å²) in [6.07, 6.45) is -0.485. The molecule has 70 valence electrons. The lowest BCUT2D eigenvalue weighted by Gasteiger charge is -2.27. The van der Waals surface area contributed by atoms with Crippen LogP contribution in [0.25, 0.3) is 0 Å². The highest BCUT2D eigenvalue weighted by Crippen LogP contribution is 2.39. The van der Waals surface area contributed by atoms with E-state index >= 15 is 0 Å². The van der Waals surface area contributed by atoms with Gasteiger partial charge in [-0.25, -0.2) is 0 Å². The standard InChI is InChI=1S/C9H8Br2O2/c10-6-3-1-2-5-8(12)7(11)4-13-9(5)6/h1-3,7-8,12H,4H2. The Balaban J connectivity index is 2.49. The molecule has 0 aromatic heterocycles. The molecule has 2 rings (SSSR count). The number of halogens is 2. The van der Waals surface area contributed by atoms with Gasteiger partial charge in [0.25, 0.3) is 0 Å². The highest BCUT2D eigenvalue weighted by Gasteiger charge is 2.28. The Kier molecular flexibility index (Phi) is 2.62. The van der Waals surface area contributed by atoms with Crippen LogP contribution in [0.5, 0.6) is 5.75 Å². The fourth-order valence-corrected chi connectivity index (χ4v) is 2.27. The van der Waals surface area contributed by atoms with Gasteiger partial charge in [-0.1, -0.05) is 28.1 Å². The van der Waals surface area contributed by atoms with Crippen LogP contribution in [0.3, 0.4) is 0 Å². The van der Waals surface area contributed by atoms with Gasteiger partial charge in [-0.3, -0.25) is 0 Å². The second-order valence-electron chi connectivity index (χ2n) is 2.93. The van der Waals surface area contributed by atoms with E-state index in [9.17, 15) is 5.11 Å². The number of hydrogen-bond acceptors (Lipinski definition) is 2. The van der Waals surface area contributed by atoms with Crippen LogP contribution in [0.4, 0.5) is 0 Å². The fourth-order valence-electron chi connectivity index (χ4n) is 1.36. The van der Waals surface area contributed by atoms with Crippen molar-refractivity contribution in [3.63, 3.8) is 0 Å². The van der Waals surface area contributed by atoms with Crippen LogP contribution in [-0.2, 0) is 0 Å². The van der Waals surface area contributed by atoms with Crippen molar-refractivity contribution in [3.8, 4) is 5.75 Å². The minimum absolute atomic E-state index is 0.0192. The van der Waals surface area contributed by atoms with E-state index in [0.717, 1.165) is 15.8 Å². The Labute approximate surface area is 93.2 Å². The molecule has 13 heavy (non-hydrogen) atoms. The molecule has 0 aliphatic carbocycles. The van der Waals surface area contributed by atoms with Crippen LogP contribution in [0.1, 0.15) is 11.7 Å². The van der Waals surface area contributed by atoms with Gasteiger partial charge in [0.2, 0.25) is 0 Å². The first kappa shape index (κ1) is 9.49. The minimum atomic E-state index is -0.485. The molecular weight excluding hydrogens is 300 g/mol. The molecular formula is C9H8Br2O2. The number of ether oxygens (including phenoxy) is 1. The predicted molar refractivity (Wildman–Crippen MR) is 57.3 cm³/mol. The SMILES string of the molecule is OC1c2cccc(Br)c2OCC1Br. The zero-order chi connectivity index (χ0) is 9.42. The molecule has 4 heteroatoms. The normalized spacial score (nSPS) is 26.4. The summed E-state index contributed by atoms with van der Waals surface area (Å²) in [7, 11) is 0. The van der Waals surface area contributed by atoms with Crippen LogP contribution in [0, 0.1) is 0 Å². The number of aliphatic hydroxyl groups excluding tert-OH is 1. The zero-order valence-electron chi connectivity index (χ0n) is 6.71. The van der Waals surface area contributed by atoms with E-state index in [1.54, 1.807) is 0 Å². The highest BCUT2D eigenvalue weighted by atomic mass is 79.9. The quantitative estimate of drug-likeness (QED) is 0.747. The molecule has 0 bridgehead atoms. The van der Waals surface area contributed by atoms with Crippen LogP contribution in [0.15, 0.2) is 22.7 Å². The monoisotopic (exact) mass is 306 g/mol. The molecule has 1 aliphatic heterocycles. The second-order valence-corrected chi connectivity index (χ2v) is 4.96. The topological polar surface area (TPSA) is 29.5 Å². The Morgan fingerprint density at radius 1 is 1.46 bits per heavy atom. The number of aliphatic hydroxyl groups is 1. The van der Waals surface area contributed by atoms with Crippen molar-refractivity contribution in [2.24, 2.45) is 0 Å². The summed E-state index contributed by atoms with van der Waals surface area (Å²) >= 11 is 6.74. The molecule has 0 radical (unpaired) electrons. The number of para-hydroxylation sites is 1. The fraction of sp³-hybridized carbons (Fsp3) is 0.333. The average molecular weight is 308 g/mol. The maximum absolute atomic E-state index is 9.81. The van der Waals surface area contributed by atoms with E-state index in [1.165, 1.54) is 0 Å². The van der Waals surface area contributed by atoms with Crippen molar-refractivity contribution < 1.29 is 9.84 Å². The summed E-state index contributed by atoms with van der Waals surface area (Å²) in [5.41, 5.74) is 0.836. The molecule has 1 heterocycles. The van der Waals surface area contributed by atoms with Gasteiger partial charge in [-0.05, 0) is 22.0 Å². The van der Waals surface area contributed by atoms with Crippen LogP contribution < -0.4 is 4.74 Å². The molecule has 1 aromatic carbocycles. The number of fused-ring (bicyclic) bond motifs is 1. The summed E-state index contributed by atoms with van der Waals surface area (Å²) in [6, 6.07) is 5.67. The number of rotatable bonds is 0. The first-order valence-corrected chi connectivity index (χ1v) is 5.64. The van der Waals surface area contributed by atoms with Crippen molar-refractivity contribution in [1.82, 2.24) is 0 Å². The molecule has 0 fully saturated rings. The Morgan fingerprint density at radius 2 is 2.23 bits per heavy atom. The maximum Gasteiger partial charge on any atom is 0.139 e. The van der Waals surface area contributed by atoms with E-state index < -0.39 is 6.10 Å². The average Bonchev–Trinajstić information content (AvgIpc) is 2.12. The zero-order valence-corrected chi connectivity index (χ0v) is 9.88. The summed E-state index contributed by atoms with van der Waals surface area (Å²) in [5, 5.41) is 9.81. The number of alkyl halides is 1. The van der Waals surface area contributed by atoms with Crippen LogP contribution >= 0.6 is 31.9 Å².